The van der Waals surface area contributed by atoms with E-state index in [4.69, 9.17) is 9.47 Å². The highest BCUT2D eigenvalue weighted by Gasteiger charge is 2.47. The van der Waals surface area contributed by atoms with Crippen LogP contribution in [0, 0.1) is 0 Å². The van der Waals surface area contributed by atoms with Crippen LogP contribution in [0.4, 0.5) is 0 Å². The van der Waals surface area contributed by atoms with Gasteiger partial charge in [-0.2, -0.15) is 0 Å². The smallest absolute Gasteiger partial charge is 0.295 e. The molecule has 0 aliphatic carbocycles. The number of benzene rings is 2. The molecule has 2 heterocycles. The van der Waals surface area contributed by atoms with E-state index in [0.717, 1.165) is 16.5 Å². The molecule has 0 bridgehead atoms. The lowest BCUT2D eigenvalue weighted by Crippen LogP contribution is -2.35. The van der Waals surface area contributed by atoms with Gasteiger partial charge in [0.2, 0.25) is 0 Å². The van der Waals surface area contributed by atoms with E-state index in [1.165, 1.54) is 0 Å². The highest BCUT2D eigenvalue weighted by atomic mass is 16.5. The number of carbonyl (C=O) groups excluding carboxylic acids is 2. The largest absolute Gasteiger partial charge is 0.507 e. The highest BCUT2D eigenvalue weighted by Crippen LogP contribution is 2.43. The van der Waals surface area contributed by atoms with E-state index in [1.54, 1.807) is 23.1 Å². The summed E-state index contributed by atoms with van der Waals surface area (Å²) in [7, 11) is 5.76. The number of hydrogen-bond acceptors (Lipinski definition) is 6. The highest BCUT2D eigenvalue weighted by molar-refractivity contribution is 6.46. The Balaban J connectivity index is 1.94. The summed E-state index contributed by atoms with van der Waals surface area (Å²) in [6.45, 7) is 5.47. The molecular weight excluding hydrogens is 458 g/mol. The van der Waals surface area contributed by atoms with E-state index in [0.29, 0.717) is 43.4 Å². The summed E-state index contributed by atoms with van der Waals surface area (Å²) in [6, 6.07) is 12.2. The van der Waals surface area contributed by atoms with E-state index in [2.05, 4.69) is 0 Å². The van der Waals surface area contributed by atoms with Gasteiger partial charge in [0.05, 0.1) is 30.4 Å². The van der Waals surface area contributed by atoms with Crippen LogP contribution in [0.25, 0.3) is 16.7 Å². The number of aliphatic hydroxyl groups excluding tert-OH is 1. The molecule has 0 spiro atoms. The molecule has 0 saturated carbocycles. The molecule has 1 atom stereocenters. The van der Waals surface area contributed by atoms with Crippen LogP contribution in [0.1, 0.15) is 31.0 Å². The number of likely N-dealkylation sites (N-methyl/N-ethyl adjacent to an activating group) is 1. The number of ether oxygens (including phenoxy) is 2. The lowest BCUT2D eigenvalue weighted by Gasteiger charge is -2.26. The first-order chi connectivity index (χ1) is 17.3. The summed E-state index contributed by atoms with van der Waals surface area (Å²) in [4.78, 5) is 30.3. The van der Waals surface area contributed by atoms with Crippen molar-refractivity contribution in [2.45, 2.75) is 19.9 Å². The number of aromatic nitrogens is 1. The number of aryl methyl sites for hydroxylation is 1. The second-order valence-electron chi connectivity index (χ2n) is 9.03. The standard InChI is InChI=1S/C28H33N3O5/c1-6-35-18-12-13-20(23(16-18)36-7-2)26(32)24-25(31(15-14-29(3)4)28(34)27(24)33)21-17-30(5)22-11-9-8-10-19(21)22/h8-13,16-17,25,32H,6-7,14-15H2,1-5H3/b26-24+. The molecular formula is C28H33N3O5. The second-order valence-corrected chi connectivity index (χ2v) is 9.03. The lowest BCUT2D eigenvalue weighted by atomic mass is 9.94. The number of likely N-dealkylation sites (tertiary alicyclic amines) is 1. The van der Waals surface area contributed by atoms with Gasteiger partial charge in [0, 0.05) is 48.9 Å². The van der Waals surface area contributed by atoms with Crippen molar-refractivity contribution in [1.82, 2.24) is 14.4 Å². The van der Waals surface area contributed by atoms with Crippen molar-refractivity contribution in [3.8, 4) is 11.5 Å². The molecule has 1 fully saturated rings. The van der Waals surface area contributed by atoms with Crippen molar-refractivity contribution in [2.24, 2.45) is 7.05 Å². The maximum atomic E-state index is 13.4. The fourth-order valence-corrected chi connectivity index (χ4v) is 4.71. The van der Waals surface area contributed by atoms with Crippen LogP contribution in [0.5, 0.6) is 11.5 Å². The van der Waals surface area contributed by atoms with Crippen molar-refractivity contribution in [3.63, 3.8) is 0 Å². The van der Waals surface area contributed by atoms with Gasteiger partial charge in [-0.3, -0.25) is 9.59 Å². The van der Waals surface area contributed by atoms with Crippen LogP contribution in [0.15, 0.2) is 54.2 Å². The Bertz CT molecular complexity index is 1320. The zero-order chi connectivity index (χ0) is 26.0. The Labute approximate surface area is 211 Å². The molecule has 1 aliphatic heterocycles. The van der Waals surface area contributed by atoms with Crippen molar-refractivity contribution >= 4 is 28.4 Å². The van der Waals surface area contributed by atoms with Crippen molar-refractivity contribution in [2.75, 3.05) is 40.4 Å². The third-order valence-corrected chi connectivity index (χ3v) is 6.37. The number of aliphatic hydroxyl groups is 1. The van der Waals surface area contributed by atoms with E-state index in [-0.39, 0.29) is 11.3 Å². The summed E-state index contributed by atoms with van der Waals surface area (Å²) >= 11 is 0. The summed E-state index contributed by atoms with van der Waals surface area (Å²) in [5, 5.41) is 12.5. The summed E-state index contributed by atoms with van der Waals surface area (Å²) < 4.78 is 13.4. The lowest BCUT2D eigenvalue weighted by molar-refractivity contribution is -0.140. The summed E-state index contributed by atoms with van der Waals surface area (Å²) in [5.41, 5.74) is 2.16. The Morgan fingerprint density at radius 3 is 2.47 bits per heavy atom. The second kappa shape index (κ2) is 10.5. The molecule has 8 nitrogen and oxygen atoms in total. The number of carbonyl (C=O) groups is 2. The Hall–Kier alpha value is -3.78. The molecule has 0 radical (unpaired) electrons. The zero-order valence-corrected chi connectivity index (χ0v) is 21.4. The fraction of sp³-hybridized carbons (Fsp3) is 0.357. The Morgan fingerprint density at radius 2 is 1.78 bits per heavy atom. The molecule has 8 heteroatoms. The SMILES string of the molecule is CCOc1ccc(/C(O)=C2\C(=O)C(=O)N(CCN(C)C)C2c2cn(C)c3ccccc23)c(OCC)c1. The molecule has 3 aromatic rings. The normalized spacial score (nSPS) is 17.4. The van der Waals surface area contributed by atoms with Crippen LogP contribution in [0.2, 0.25) is 0 Å². The van der Waals surface area contributed by atoms with Gasteiger partial charge in [-0.25, -0.2) is 0 Å². The first-order valence-corrected chi connectivity index (χ1v) is 12.2. The molecule has 1 aliphatic rings. The van der Waals surface area contributed by atoms with E-state index in [9.17, 15) is 14.7 Å². The molecule has 1 amide bonds. The van der Waals surface area contributed by atoms with Crippen molar-refractivity contribution in [1.29, 1.82) is 0 Å². The summed E-state index contributed by atoms with van der Waals surface area (Å²) in [6.07, 6.45) is 1.93. The quantitative estimate of drug-likeness (QED) is 0.277. The minimum atomic E-state index is -0.739. The molecule has 1 N–H and O–H groups in total. The van der Waals surface area contributed by atoms with E-state index in [1.807, 2.05) is 74.9 Å². The fourth-order valence-electron chi connectivity index (χ4n) is 4.71. The first-order valence-electron chi connectivity index (χ1n) is 12.2. The van der Waals surface area contributed by atoms with Crippen LogP contribution in [0.3, 0.4) is 0 Å². The van der Waals surface area contributed by atoms with Crippen LogP contribution in [-0.4, -0.2) is 71.6 Å². The minimum Gasteiger partial charge on any atom is -0.507 e. The third-order valence-electron chi connectivity index (χ3n) is 6.37. The monoisotopic (exact) mass is 491 g/mol. The number of Topliss-reactive ketones (excluding diaryl/α,β-unsaturated/α-hetero) is 1. The van der Waals surface area contributed by atoms with Crippen LogP contribution in [-0.2, 0) is 16.6 Å². The van der Waals surface area contributed by atoms with Crippen LogP contribution >= 0.6 is 0 Å². The predicted molar refractivity (Wildman–Crippen MR) is 139 cm³/mol. The molecule has 2 aromatic carbocycles. The molecule has 1 aromatic heterocycles. The first kappa shape index (κ1) is 25.3. The number of amides is 1. The number of rotatable bonds is 9. The van der Waals surface area contributed by atoms with E-state index >= 15 is 0 Å². The van der Waals surface area contributed by atoms with E-state index < -0.39 is 17.7 Å². The topological polar surface area (TPSA) is 84.2 Å². The van der Waals surface area contributed by atoms with Crippen molar-refractivity contribution < 1.29 is 24.2 Å². The molecule has 1 saturated heterocycles. The Morgan fingerprint density at radius 1 is 1.06 bits per heavy atom. The van der Waals surface area contributed by atoms with Gasteiger partial charge in [0.15, 0.2) is 0 Å². The molecule has 190 valence electrons. The number of hydrogen-bond donors (Lipinski definition) is 1. The maximum Gasteiger partial charge on any atom is 0.295 e. The molecule has 36 heavy (non-hydrogen) atoms. The van der Waals surface area contributed by atoms with Gasteiger partial charge in [-0.15, -0.1) is 0 Å². The van der Waals surface area contributed by atoms with Gasteiger partial charge in [-0.05, 0) is 46.1 Å². The molecule has 4 rings (SSSR count). The maximum absolute atomic E-state index is 13.4. The van der Waals surface area contributed by atoms with Gasteiger partial charge in [0.1, 0.15) is 17.3 Å². The number of fused-ring (bicyclic) bond motifs is 1. The van der Waals surface area contributed by atoms with Gasteiger partial charge >= 0.3 is 0 Å². The average molecular weight is 492 g/mol. The average Bonchev–Trinajstić information content (AvgIpc) is 3.31. The number of para-hydroxylation sites is 1. The zero-order valence-electron chi connectivity index (χ0n) is 21.4. The minimum absolute atomic E-state index is 0.0558. The van der Waals surface area contributed by atoms with Gasteiger partial charge < -0.3 is 28.9 Å². The number of nitrogens with zero attached hydrogens (tertiary/aromatic N) is 3. The summed E-state index contributed by atoms with van der Waals surface area (Å²) in [5.74, 6) is -0.613. The molecule has 1 unspecified atom stereocenters. The van der Waals surface area contributed by atoms with Gasteiger partial charge in [0.25, 0.3) is 11.7 Å². The van der Waals surface area contributed by atoms with Gasteiger partial charge in [-0.1, -0.05) is 18.2 Å². The van der Waals surface area contributed by atoms with Crippen molar-refractivity contribution in [3.05, 3.63) is 65.4 Å². The van der Waals surface area contributed by atoms with Crippen LogP contribution < -0.4 is 9.47 Å². The number of ketones is 1. The third kappa shape index (κ3) is 4.56. The predicted octanol–water partition coefficient (Wildman–Crippen LogP) is 3.96. The Kier molecular flexibility index (Phi) is 7.35.